The molecule has 0 saturated carbocycles. The minimum atomic E-state index is -0.398. The first-order chi connectivity index (χ1) is 13.4. The highest BCUT2D eigenvalue weighted by molar-refractivity contribution is 8.00. The predicted octanol–water partition coefficient (Wildman–Crippen LogP) is 5.62. The van der Waals surface area contributed by atoms with Crippen molar-refractivity contribution in [1.82, 2.24) is 14.6 Å². The minimum absolute atomic E-state index is 0.170. The second-order valence-electron chi connectivity index (χ2n) is 6.43. The largest absolute Gasteiger partial charge is 0.325 e. The third kappa shape index (κ3) is 3.68. The Hall–Kier alpha value is -2.28. The Kier molecular flexibility index (Phi) is 5.19. The van der Waals surface area contributed by atoms with Crippen LogP contribution in [0.15, 0.2) is 53.7 Å². The molecule has 2 aromatic carbocycles. The zero-order valence-electron chi connectivity index (χ0n) is 15.1. The first kappa shape index (κ1) is 19.1. The molecule has 28 heavy (non-hydrogen) atoms. The van der Waals surface area contributed by atoms with Crippen LogP contribution in [0.2, 0.25) is 10.0 Å². The number of amides is 1. The van der Waals surface area contributed by atoms with Crippen molar-refractivity contribution < 1.29 is 4.79 Å². The zero-order valence-corrected chi connectivity index (χ0v) is 17.4. The van der Waals surface area contributed by atoms with Crippen molar-refractivity contribution in [3.05, 3.63) is 64.1 Å². The van der Waals surface area contributed by atoms with Crippen molar-refractivity contribution in [2.24, 2.45) is 0 Å². The maximum Gasteiger partial charge on any atom is 0.237 e. The lowest BCUT2D eigenvalue weighted by Crippen LogP contribution is -2.22. The van der Waals surface area contributed by atoms with E-state index in [-0.39, 0.29) is 5.91 Å². The van der Waals surface area contributed by atoms with Gasteiger partial charge in [-0.15, -0.1) is 10.2 Å². The first-order valence-electron chi connectivity index (χ1n) is 8.59. The van der Waals surface area contributed by atoms with Crippen molar-refractivity contribution in [3.8, 4) is 0 Å². The Labute approximate surface area is 176 Å². The van der Waals surface area contributed by atoms with Gasteiger partial charge in [0.1, 0.15) is 0 Å². The fourth-order valence-corrected chi connectivity index (χ4v) is 4.43. The number of anilines is 1. The summed E-state index contributed by atoms with van der Waals surface area (Å²) in [5.74, 6) is -0.170. The van der Waals surface area contributed by atoms with E-state index in [4.69, 9.17) is 23.2 Å². The predicted molar refractivity (Wildman–Crippen MR) is 116 cm³/mol. The van der Waals surface area contributed by atoms with Crippen molar-refractivity contribution >= 4 is 63.1 Å². The Morgan fingerprint density at radius 3 is 2.57 bits per heavy atom. The number of hydrogen-bond donors (Lipinski definition) is 1. The number of para-hydroxylation sites is 1. The smallest absolute Gasteiger partial charge is 0.237 e. The van der Waals surface area contributed by atoms with E-state index >= 15 is 0 Å². The number of thioether (sulfide) groups is 1. The fourth-order valence-electron chi connectivity index (χ4n) is 3.03. The number of carbonyl (C=O) groups is 1. The quantitative estimate of drug-likeness (QED) is 0.427. The van der Waals surface area contributed by atoms with Crippen molar-refractivity contribution in [2.75, 3.05) is 5.32 Å². The number of pyridine rings is 1. The van der Waals surface area contributed by atoms with Crippen LogP contribution in [0.4, 0.5) is 5.69 Å². The molecule has 1 amide bonds. The number of aryl methyl sites for hydroxylation is 1. The Bertz CT molecular complexity index is 1190. The summed E-state index contributed by atoms with van der Waals surface area (Å²) in [6.07, 6.45) is 0. The molecule has 8 heteroatoms. The van der Waals surface area contributed by atoms with Crippen LogP contribution in [0.1, 0.15) is 12.5 Å². The van der Waals surface area contributed by atoms with Gasteiger partial charge in [-0.25, -0.2) is 0 Å². The van der Waals surface area contributed by atoms with Crippen LogP contribution >= 0.6 is 35.0 Å². The Morgan fingerprint density at radius 1 is 1.11 bits per heavy atom. The van der Waals surface area contributed by atoms with Crippen LogP contribution in [0, 0.1) is 6.92 Å². The van der Waals surface area contributed by atoms with E-state index in [1.54, 1.807) is 18.2 Å². The van der Waals surface area contributed by atoms with Crippen LogP contribution < -0.4 is 5.32 Å². The second-order valence-corrected chi connectivity index (χ2v) is 8.61. The molecule has 5 nitrogen and oxygen atoms in total. The van der Waals surface area contributed by atoms with Crippen LogP contribution in [0.5, 0.6) is 0 Å². The van der Waals surface area contributed by atoms with Crippen LogP contribution in [0.3, 0.4) is 0 Å². The molecule has 2 heterocycles. The lowest BCUT2D eigenvalue weighted by Gasteiger charge is -2.12. The molecule has 0 aliphatic carbocycles. The second kappa shape index (κ2) is 7.62. The summed E-state index contributed by atoms with van der Waals surface area (Å²) in [5.41, 5.74) is 3.46. The molecule has 0 radical (unpaired) electrons. The number of hydrogen-bond acceptors (Lipinski definition) is 4. The molecular formula is C20H16Cl2N4OS. The minimum Gasteiger partial charge on any atom is -0.325 e. The van der Waals surface area contributed by atoms with Gasteiger partial charge >= 0.3 is 0 Å². The molecule has 0 spiro atoms. The third-order valence-corrected chi connectivity index (χ3v) is 5.83. The van der Waals surface area contributed by atoms with Gasteiger partial charge < -0.3 is 5.32 Å². The molecule has 4 rings (SSSR count). The number of carbonyl (C=O) groups excluding carboxylic acids is 1. The van der Waals surface area contributed by atoms with E-state index < -0.39 is 5.25 Å². The van der Waals surface area contributed by atoms with E-state index in [0.717, 1.165) is 22.1 Å². The van der Waals surface area contributed by atoms with Gasteiger partial charge in [-0.3, -0.25) is 9.20 Å². The lowest BCUT2D eigenvalue weighted by molar-refractivity contribution is -0.115. The molecule has 0 aliphatic rings. The van der Waals surface area contributed by atoms with E-state index in [9.17, 15) is 4.79 Å². The number of nitrogens with zero attached hydrogens (tertiary/aromatic N) is 3. The normalized spacial score (nSPS) is 12.4. The highest BCUT2D eigenvalue weighted by Gasteiger charge is 2.19. The summed E-state index contributed by atoms with van der Waals surface area (Å²) in [6, 6.07) is 15.0. The maximum absolute atomic E-state index is 12.6. The van der Waals surface area contributed by atoms with E-state index in [1.165, 1.54) is 11.8 Å². The van der Waals surface area contributed by atoms with E-state index in [2.05, 4.69) is 28.5 Å². The molecule has 0 bridgehead atoms. The highest BCUT2D eigenvalue weighted by atomic mass is 35.5. The Morgan fingerprint density at radius 2 is 1.82 bits per heavy atom. The van der Waals surface area contributed by atoms with Gasteiger partial charge in [0.05, 0.1) is 10.8 Å². The monoisotopic (exact) mass is 430 g/mol. The number of fused-ring (bicyclic) bond motifs is 3. The zero-order chi connectivity index (χ0) is 19.8. The molecule has 0 unspecified atom stereocenters. The maximum atomic E-state index is 12.6. The topological polar surface area (TPSA) is 59.3 Å². The molecule has 4 aromatic rings. The summed E-state index contributed by atoms with van der Waals surface area (Å²) in [5, 5.41) is 13.7. The van der Waals surface area contributed by atoms with Crippen molar-refractivity contribution in [1.29, 1.82) is 0 Å². The van der Waals surface area contributed by atoms with Gasteiger partial charge in [0.2, 0.25) is 5.91 Å². The molecule has 1 atom stereocenters. The number of aromatic nitrogens is 3. The molecule has 2 aromatic heterocycles. The standard InChI is InChI=1S/C20H16Cl2N4OS/c1-11-7-18-24-25-20(26(18)17-6-4-3-5-16(11)17)28-12(2)19(27)23-15-9-13(21)8-14(22)10-15/h3-10,12H,1-2H3,(H,23,27)/t12-/m0/s1. The van der Waals surface area contributed by atoms with E-state index in [1.807, 2.05) is 35.6 Å². The van der Waals surface area contributed by atoms with Crippen LogP contribution in [-0.2, 0) is 4.79 Å². The molecule has 1 N–H and O–H groups in total. The van der Waals surface area contributed by atoms with Crippen LogP contribution in [-0.4, -0.2) is 25.8 Å². The van der Waals surface area contributed by atoms with Gasteiger partial charge in [0.15, 0.2) is 10.8 Å². The number of benzene rings is 2. The summed E-state index contributed by atoms with van der Waals surface area (Å²) in [7, 11) is 0. The summed E-state index contributed by atoms with van der Waals surface area (Å²) < 4.78 is 1.98. The summed E-state index contributed by atoms with van der Waals surface area (Å²) in [4.78, 5) is 12.6. The molecule has 0 saturated heterocycles. The summed E-state index contributed by atoms with van der Waals surface area (Å²) in [6.45, 7) is 3.87. The van der Waals surface area contributed by atoms with Gasteiger partial charge in [-0.05, 0) is 49.7 Å². The highest BCUT2D eigenvalue weighted by Crippen LogP contribution is 2.29. The number of nitrogens with one attached hydrogen (secondary N) is 1. The number of halogens is 2. The van der Waals surface area contributed by atoms with Crippen LogP contribution in [0.25, 0.3) is 16.6 Å². The molecule has 0 aliphatic heterocycles. The molecule has 0 fully saturated rings. The fraction of sp³-hybridized carbons (Fsp3) is 0.150. The van der Waals surface area contributed by atoms with Gasteiger partial charge in [-0.1, -0.05) is 53.2 Å². The average Bonchev–Trinajstić information content (AvgIpc) is 3.03. The third-order valence-electron chi connectivity index (χ3n) is 4.36. The van der Waals surface area contributed by atoms with Crippen molar-refractivity contribution in [3.63, 3.8) is 0 Å². The van der Waals surface area contributed by atoms with Crippen molar-refractivity contribution in [2.45, 2.75) is 24.3 Å². The SMILES string of the molecule is Cc1cc2nnc(S[C@@H](C)C(=O)Nc3cc(Cl)cc(Cl)c3)n2c2ccccc12. The average molecular weight is 431 g/mol. The molecule has 142 valence electrons. The van der Waals surface area contributed by atoms with Gasteiger partial charge in [0, 0.05) is 21.1 Å². The molecular weight excluding hydrogens is 415 g/mol. The summed E-state index contributed by atoms with van der Waals surface area (Å²) >= 11 is 13.3. The lowest BCUT2D eigenvalue weighted by atomic mass is 10.1. The van der Waals surface area contributed by atoms with E-state index in [0.29, 0.717) is 20.9 Å². The Balaban J connectivity index is 1.62. The van der Waals surface area contributed by atoms with Gasteiger partial charge in [0.25, 0.3) is 0 Å². The first-order valence-corrected chi connectivity index (χ1v) is 10.2. The number of rotatable bonds is 4. The van der Waals surface area contributed by atoms with Gasteiger partial charge in [-0.2, -0.15) is 0 Å².